The lowest BCUT2D eigenvalue weighted by Gasteiger charge is -2.12. The Morgan fingerprint density at radius 1 is 1.10 bits per heavy atom. The van der Waals surface area contributed by atoms with Crippen LogP contribution in [0, 0.1) is 5.82 Å². The summed E-state index contributed by atoms with van der Waals surface area (Å²) in [6, 6.07) is 12.2. The largest absolute Gasteiger partial charge is 0.493 e. The smallest absolute Gasteiger partial charge is 0.161 e. The van der Waals surface area contributed by atoms with E-state index in [1.54, 1.807) is 25.3 Å². The zero-order chi connectivity index (χ0) is 14.4. The number of nitrogens with two attached hydrogens (primary N) is 1. The molecule has 0 atom stereocenters. The lowest BCUT2D eigenvalue weighted by molar-refractivity contribution is 0.279. The molecule has 0 amide bonds. The Labute approximate surface area is 118 Å². The van der Waals surface area contributed by atoms with E-state index in [1.807, 2.05) is 18.2 Å². The minimum Gasteiger partial charge on any atom is -0.493 e. The third kappa shape index (κ3) is 3.48. The summed E-state index contributed by atoms with van der Waals surface area (Å²) in [4.78, 5) is 0. The van der Waals surface area contributed by atoms with Gasteiger partial charge in [-0.15, -0.1) is 0 Å². The van der Waals surface area contributed by atoms with E-state index in [0.29, 0.717) is 23.6 Å². The van der Waals surface area contributed by atoms with Gasteiger partial charge in [-0.1, -0.05) is 24.3 Å². The van der Waals surface area contributed by atoms with E-state index in [-0.39, 0.29) is 12.4 Å². The van der Waals surface area contributed by atoms with Gasteiger partial charge in [0.25, 0.3) is 0 Å². The van der Waals surface area contributed by atoms with E-state index in [2.05, 4.69) is 0 Å². The molecule has 0 aromatic heterocycles. The van der Waals surface area contributed by atoms with Crippen molar-refractivity contribution in [2.24, 2.45) is 5.73 Å². The fourth-order valence-electron chi connectivity index (χ4n) is 1.93. The second-order valence-electron chi connectivity index (χ2n) is 4.40. The summed E-state index contributed by atoms with van der Waals surface area (Å²) in [5.41, 5.74) is 7.12. The zero-order valence-electron chi connectivity index (χ0n) is 11.4. The van der Waals surface area contributed by atoms with Crippen LogP contribution in [0.15, 0.2) is 42.5 Å². The van der Waals surface area contributed by atoms with Crippen molar-refractivity contribution in [1.82, 2.24) is 0 Å². The minimum absolute atomic E-state index is 0.162. The van der Waals surface area contributed by atoms with Gasteiger partial charge >= 0.3 is 0 Å². The fraction of sp³-hybridized carbons (Fsp3) is 0.250. The fourth-order valence-corrected chi connectivity index (χ4v) is 1.93. The number of ether oxygens (including phenoxy) is 2. The van der Waals surface area contributed by atoms with Crippen LogP contribution in [-0.2, 0) is 13.0 Å². The Balaban J connectivity index is 2.15. The zero-order valence-corrected chi connectivity index (χ0v) is 11.4. The van der Waals surface area contributed by atoms with E-state index in [9.17, 15) is 4.39 Å². The van der Waals surface area contributed by atoms with Crippen LogP contribution in [0.1, 0.15) is 11.1 Å². The van der Waals surface area contributed by atoms with Gasteiger partial charge in [0.05, 0.1) is 7.11 Å². The topological polar surface area (TPSA) is 44.5 Å². The van der Waals surface area contributed by atoms with Crippen molar-refractivity contribution in [3.8, 4) is 11.5 Å². The second-order valence-corrected chi connectivity index (χ2v) is 4.40. The van der Waals surface area contributed by atoms with Crippen LogP contribution in [0.4, 0.5) is 4.39 Å². The Morgan fingerprint density at radius 2 is 1.90 bits per heavy atom. The summed E-state index contributed by atoms with van der Waals surface area (Å²) in [5, 5.41) is 0. The molecule has 0 saturated carbocycles. The van der Waals surface area contributed by atoms with Gasteiger partial charge in [-0.3, -0.25) is 0 Å². The lowest BCUT2D eigenvalue weighted by atomic mass is 10.1. The van der Waals surface area contributed by atoms with Crippen LogP contribution in [0.25, 0.3) is 0 Å². The summed E-state index contributed by atoms with van der Waals surface area (Å²) < 4.78 is 24.5. The van der Waals surface area contributed by atoms with Gasteiger partial charge in [-0.25, -0.2) is 4.39 Å². The van der Waals surface area contributed by atoms with Gasteiger partial charge in [0.2, 0.25) is 0 Å². The minimum atomic E-state index is -0.274. The molecule has 0 aliphatic carbocycles. The molecule has 2 aromatic carbocycles. The molecule has 0 fully saturated rings. The van der Waals surface area contributed by atoms with Crippen LogP contribution in [0.3, 0.4) is 0 Å². The van der Waals surface area contributed by atoms with Crippen LogP contribution in [0.5, 0.6) is 11.5 Å². The van der Waals surface area contributed by atoms with Crippen molar-refractivity contribution in [3.63, 3.8) is 0 Å². The van der Waals surface area contributed by atoms with Crippen molar-refractivity contribution in [2.75, 3.05) is 13.7 Å². The number of methoxy groups -OCH3 is 1. The molecule has 106 valence electrons. The molecule has 20 heavy (non-hydrogen) atoms. The average Bonchev–Trinajstić information content (AvgIpc) is 2.47. The van der Waals surface area contributed by atoms with Gasteiger partial charge in [0.15, 0.2) is 11.5 Å². The van der Waals surface area contributed by atoms with E-state index < -0.39 is 0 Å². The first kappa shape index (κ1) is 14.3. The van der Waals surface area contributed by atoms with Gasteiger partial charge < -0.3 is 15.2 Å². The van der Waals surface area contributed by atoms with E-state index in [1.165, 1.54) is 6.07 Å². The number of hydrogen-bond acceptors (Lipinski definition) is 3. The molecule has 4 heteroatoms. The Bertz CT molecular complexity index is 572. The number of hydrogen-bond donors (Lipinski definition) is 1. The normalized spacial score (nSPS) is 10.3. The molecule has 0 aliphatic heterocycles. The van der Waals surface area contributed by atoms with Gasteiger partial charge in [0, 0.05) is 5.56 Å². The van der Waals surface area contributed by atoms with E-state index in [4.69, 9.17) is 15.2 Å². The summed E-state index contributed by atoms with van der Waals surface area (Å²) >= 11 is 0. The Kier molecular flexibility index (Phi) is 4.96. The maximum absolute atomic E-state index is 13.5. The van der Waals surface area contributed by atoms with Crippen LogP contribution in [-0.4, -0.2) is 13.7 Å². The first-order chi connectivity index (χ1) is 9.74. The Morgan fingerprint density at radius 3 is 2.60 bits per heavy atom. The maximum atomic E-state index is 13.5. The number of benzene rings is 2. The molecule has 0 radical (unpaired) electrons. The predicted molar refractivity (Wildman–Crippen MR) is 76.5 cm³/mol. The van der Waals surface area contributed by atoms with Crippen molar-refractivity contribution in [2.45, 2.75) is 13.0 Å². The third-order valence-corrected chi connectivity index (χ3v) is 3.00. The van der Waals surface area contributed by atoms with Crippen LogP contribution >= 0.6 is 0 Å². The van der Waals surface area contributed by atoms with Crippen molar-refractivity contribution < 1.29 is 13.9 Å². The molecular formula is C16H18FNO2. The first-order valence-electron chi connectivity index (χ1n) is 6.47. The molecule has 2 rings (SSSR count). The number of rotatable bonds is 6. The summed E-state index contributed by atoms with van der Waals surface area (Å²) in [6.07, 6.45) is 0.764. The molecular weight excluding hydrogens is 257 g/mol. The molecule has 0 bridgehead atoms. The highest BCUT2D eigenvalue weighted by Gasteiger charge is 2.08. The SMILES string of the molecule is COc1ccc(CCN)cc1OCc1ccccc1F. The molecule has 0 saturated heterocycles. The number of halogens is 1. The average molecular weight is 275 g/mol. The van der Waals surface area contributed by atoms with E-state index >= 15 is 0 Å². The molecule has 2 aromatic rings. The highest BCUT2D eigenvalue weighted by molar-refractivity contribution is 5.43. The van der Waals surface area contributed by atoms with Crippen molar-refractivity contribution in [3.05, 3.63) is 59.4 Å². The summed E-state index contributed by atoms with van der Waals surface area (Å²) in [6.45, 7) is 0.730. The molecule has 0 heterocycles. The molecule has 0 spiro atoms. The van der Waals surface area contributed by atoms with E-state index in [0.717, 1.165) is 12.0 Å². The summed E-state index contributed by atoms with van der Waals surface area (Å²) in [7, 11) is 1.58. The lowest BCUT2D eigenvalue weighted by Crippen LogP contribution is -2.04. The van der Waals surface area contributed by atoms with Crippen molar-refractivity contribution >= 4 is 0 Å². The first-order valence-corrected chi connectivity index (χ1v) is 6.47. The van der Waals surface area contributed by atoms with Crippen LogP contribution in [0.2, 0.25) is 0 Å². The summed E-state index contributed by atoms with van der Waals surface area (Å²) in [5.74, 6) is 0.952. The standard InChI is InChI=1S/C16H18FNO2/c1-19-15-7-6-12(8-9-18)10-16(15)20-11-13-4-2-3-5-14(13)17/h2-7,10H,8-9,11,18H2,1H3. The third-order valence-electron chi connectivity index (χ3n) is 3.00. The van der Waals surface area contributed by atoms with Gasteiger partial charge in [-0.05, 0) is 36.7 Å². The predicted octanol–water partition coefficient (Wildman–Crippen LogP) is 2.91. The van der Waals surface area contributed by atoms with Crippen LogP contribution < -0.4 is 15.2 Å². The van der Waals surface area contributed by atoms with Gasteiger partial charge in [0.1, 0.15) is 12.4 Å². The Hall–Kier alpha value is -2.07. The van der Waals surface area contributed by atoms with Crippen molar-refractivity contribution in [1.29, 1.82) is 0 Å². The molecule has 0 aliphatic rings. The maximum Gasteiger partial charge on any atom is 0.161 e. The molecule has 0 unspecified atom stereocenters. The second kappa shape index (κ2) is 6.91. The monoisotopic (exact) mass is 275 g/mol. The highest BCUT2D eigenvalue weighted by atomic mass is 19.1. The molecule has 2 N–H and O–H groups in total. The quantitative estimate of drug-likeness (QED) is 0.881. The molecule has 3 nitrogen and oxygen atoms in total. The van der Waals surface area contributed by atoms with Gasteiger partial charge in [-0.2, -0.15) is 0 Å². The highest BCUT2D eigenvalue weighted by Crippen LogP contribution is 2.29.